The SMILES string of the molecule is Cc1cc(OCc2cc(C(N)=O)ccc2F)c(C)cc1N. The lowest BCUT2D eigenvalue weighted by Crippen LogP contribution is -2.12. The van der Waals surface area contributed by atoms with Gasteiger partial charge in [0, 0.05) is 16.8 Å². The van der Waals surface area contributed by atoms with E-state index in [0.29, 0.717) is 11.4 Å². The standard InChI is InChI=1S/C16H17FN2O2/c1-9-6-15(10(2)5-14(9)18)21-8-12-7-11(16(19)20)3-4-13(12)17/h3-7H,8,18H2,1-2H3,(H2,19,20). The minimum absolute atomic E-state index is 0.0111. The number of anilines is 1. The third kappa shape index (κ3) is 3.31. The molecule has 2 aromatic carbocycles. The van der Waals surface area contributed by atoms with Crippen molar-refractivity contribution in [1.29, 1.82) is 0 Å². The second kappa shape index (κ2) is 5.83. The summed E-state index contributed by atoms with van der Waals surface area (Å²) in [5.74, 6) is -0.411. The molecule has 0 aliphatic carbocycles. The highest BCUT2D eigenvalue weighted by Crippen LogP contribution is 2.25. The summed E-state index contributed by atoms with van der Waals surface area (Å²) in [5, 5.41) is 0. The van der Waals surface area contributed by atoms with E-state index in [9.17, 15) is 9.18 Å². The highest BCUT2D eigenvalue weighted by atomic mass is 19.1. The molecule has 0 saturated heterocycles. The van der Waals surface area contributed by atoms with E-state index in [-0.39, 0.29) is 17.7 Å². The molecule has 0 heterocycles. The van der Waals surface area contributed by atoms with Crippen LogP contribution in [0, 0.1) is 19.7 Å². The van der Waals surface area contributed by atoms with Crippen LogP contribution in [0.2, 0.25) is 0 Å². The molecule has 0 unspecified atom stereocenters. The highest BCUT2D eigenvalue weighted by molar-refractivity contribution is 5.92. The number of halogens is 1. The van der Waals surface area contributed by atoms with Crippen molar-refractivity contribution in [1.82, 2.24) is 0 Å². The van der Waals surface area contributed by atoms with Gasteiger partial charge in [-0.15, -0.1) is 0 Å². The fourth-order valence-corrected chi connectivity index (χ4v) is 1.96. The molecule has 0 aromatic heterocycles. The lowest BCUT2D eigenvalue weighted by Gasteiger charge is -2.12. The summed E-state index contributed by atoms with van der Waals surface area (Å²) in [5.41, 5.74) is 14.0. The molecule has 0 atom stereocenters. The molecule has 110 valence electrons. The molecule has 0 aliphatic rings. The molecular formula is C16H17FN2O2. The molecule has 4 nitrogen and oxygen atoms in total. The maximum absolute atomic E-state index is 13.7. The highest BCUT2D eigenvalue weighted by Gasteiger charge is 2.09. The summed E-state index contributed by atoms with van der Waals surface area (Å²) < 4.78 is 19.4. The Morgan fingerprint density at radius 3 is 2.57 bits per heavy atom. The average molecular weight is 288 g/mol. The molecule has 0 bridgehead atoms. The van der Waals surface area contributed by atoms with Crippen LogP contribution < -0.4 is 16.2 Å². The van der Waals surface area contributed by atoms with E-state index in [0.717, 1.165) is 11.1 Å². The van der Waals surface area contributed by atoms with Gasteiger partial charge in [-0.3, -0.25) is 4.79 Å². The number of carbonyl (C=O) groups excluding carboxylic acids is 1. The normalized spacial score (nSPS) is 10.4. The van der Waals surface area contributed by atoms with Gasteiger partial charge in [-0.2, -0.15) is 0 Å². The number of carbonyl (C=O) groups is 1. The van der Waals surface area contributed by atoms with Crippen LogP contribution in [0.5, 0.6) is 5.75 Å². The van der Waals surface area contributed by atoms with Crippen LogP contribution >= 0.6 is 0 Å². The van der Waals surface area contributed by atoms with Gasteiger partial charge in [0.05, 0.1) is 0 Å². The van der Waals surface area contributed by atoms with Gasteiger partial charge in [-0.25, -0.2) is 4.39 Å². The largest absolute Gasteiger partial charge is 0.489 e. The fraction of sp³-hybridized carbons (Fsp3) is 0.188. The molecule has 0 spiro atoms. The van der Waals surface area contributed by atoms with Gasteiger partial charge in [-0.05, 0) is 55.3 Å². The van der Waals surface area contributed by atoms with Gasteiger partial charge >= 0.3 is 0 Å². The monoisotopic (exact) mass is 288 g/mol. The van der Waals surface area contributed by atoms with E-state index >= 15 is 0 Å². The van der Waals surface area contributed by atoms with Gasteiger partial charge in [0.1, 0.15) is 18.2 Å². The second-order valence-corrected chi connectivity index (χ2v) is 4.93. The molecule has 0 radical (unpaired) electrons. The molecular weight excluding hydrogens is 271 g/mol. The van der Waals surface area contributed by atoms with E-state index in [4.69, 9.17) is 16.2 Å². The van der Waals surface area contributed by atoms with Crippen LogP contribution in [0.15, 0.2) is 30.3 Å². The van der Waals surface area contributed by atoms with Crippen LogP contribution in [0.25, 0.3) is 0 Å². The van der Waals surface area contributed by atoms with Gasteiger partial charge < -0.3 is 16.2 Å². The third-order valence-corrected chi connectivity index (χ3v) is 3.28. The number of ether oxygens (including phenoxy) is 1. The average Bonchev–Trinajstić information content (AvgIpc) is 2.42. The van der Waals surface area contributed by atoms with Crippen molar-refractivity contribution in [3.05, 3.63) is 58.4 Å². The summed E-state index contributed by atoms with van der Waals surface area (Å²) in [6, 6.07) is 7.57. The molecule has 0 aliphatic heterocycles. The molecule has 0 fully saturated rings. The quantitative estimate of drug-likeness (QED) is 0.849. The Morgan fingerprint density at radius 1 is 1.19 bits per heavy atom. The Kier molecular flexibility index (Phi) is 4.12. The Bertz CT molecular complexity index is 699. The maximum atomic E-state index is 13.7. The fourth-order valence-electron chi connectivity index (χ4n) is 1.96. The lowest BCUT2D eigenvalue weighted by molar-refractivity contribution is 0.1000. The number of nitrogens with two attached hydrogens (primary N) is 2. The van der Waals surface area contributed by atoms with Crippen LogP contribution in [0.4, 0.5) is 10.1 Å². The number of nitrogen functional groups attached to an aromatic ring is 1. The molecule has 21 heavy (non-hydrogen) atoms. The maximum Gasteiger partial charge on any atom is 0.248 e. The van der Waals surface area contributed by atoms with Crippen molar-refractivity contribution in [2.45, 2.75) is 20.5 Å². The third-order valence-electron chi connectivity index (χ3n) is 3.28. The lowest BCUT2D eigenvalue weighted by atomic mass is 10.1. The van der Waals surface area contributed by atoms with Crippen molar-refractivity contribution >= 4 is 11.6 Å². The summed E-state index contributed by atoms with van der Waals surface area (Å²) in [6.45, 7) is 3.74. The first-order valence-corrected chi connectivity index (χ1v) is 6.46. The van der Waals surface area contributed by atoms with Gasteiger partial charge in [0.15, 0.2) is 0 Å². The minimum Gasteiger partial charge on any atom is -0.489 e. The second-order valence-electron chi connectivity index (χ2n) is 4.93. The van der Waals surface area contributed by atoms with Crippen LogP contribution in [0.3, 0.4) is 0 Å². The summed E-state index contributed by atoms with van der Waals surface area (Å²) in [7, 11) is 0. The predicted molar refractivity (Wildman–Crippen MR) is 79.6 cm³/mol. The van der Waals surface area contributed by atoms with E-state index in [1.807, 2.05) is 13.8 Å². The van der Waals surface area contributed by atoms with Crippen molar-refractivity contribution in [3.8, 4) is 5.75 Å². The molecule has 4 N–H and O–H groups in total. The van der Waals surface area contributed by atoms with Gasteiger partial charge in [0.2, 0.25) is 5.91 Å². The Labute approximate surface area is 122 Å². The topological polar surface area (TPSA) is 78.3 Å². The minimum atomic E-state index is -0.601. The number of benzene rings is 2. The molecule has 0 saturated carbocycles. The van der Waals surface area contributed by atoms with Crippen LogP contribution in [-0.4, -0.2) is 5.91 Å². The van der Waals surface area contributed by atoms with E-state index < -0.39 is 11.7 Å². The number of hydrogen-bond donors (Lipinski definition) is 2. The summed E-state index contributed by atoms with van der Waals surface area (Å²) in [4.78, 5) is 11.1. The first kappa shape index (κ1) is 14.8. The summed E-state index contributed by atoms with van der Waals surface area (Å²) >= 11 is 0. The zero-order valence-electron chi connectivity index (χ0n) is 11.9. The van der Waals surface area contributed by atoms with Crippen molar-refractivity contribution in [2.75, 3.05) is 5.73 Å². The number of aryl methyl sites for hydroxylation is 2. The Balaban J connectivity index is 2.22. The smallest absolute Gasteiger partial charge is 0.248 e. The van der Waals surface area contributed by atoms with Gasteiger partial charge in [0.25, 0.3) is 0 Å². The number of hydrogen-bond acceptors (Lipinski definition) is 3. The molecule has 2 aromatic rings. The molecule has 5 heteroatoms. The van der Waals surface area contributed by atoms with Gasteiger partial charge in [-0.1, -0.05) is 0 Å². The van der Waals surface area contributed by atoms with Crippen molar-refractivity contribution in [2.24, 2.45) is 5.73 Å². The molecule has 1 amide bonds. The zero-order chi connectivity index (χ0) is 15.6. The van der Waals surface area contributed by atoms with Crippen LogP contribution in [-0.2, 0) is 6.61 Å². The van der Waals surface area contributed by atoms with Crippen LogP contribution in [0.1, 0.15) is 27.0 Å². The predicted octanol–water partition coefficient (Wildman–Crippen LogP) is 2.70. The van der Waals surface area contributed by atoms with E-state index in [1.165, 1.54) is 18.2 Å². The first-order valence-electron chi connectivity index (χ1n) is 6.46. The van der Waals surface area contributed by atoms with Crippen molar-refractivity contribution < 1.29 is 13.9 Å². The number of primary amides is 1. The Morgan fingerprint density at radius 2 is 1.90 bits per heavy atom. The van der Waals surface area contributed by atoms with E-state index in [1.54, 1.807) is 12.1 Å². The number of amides is 1. The van der Waals surface area contributed by atoms with Crippen molar-refractivity contribution in [3.63, 3.8) is 0 Å². The summed E-state index contributed by atoms with van der Waals surface area (Å²) in [6.07, 6.45) is 0. The number of rotatable bonds is 4. The van der Waals surface area contributed by atoms with E-state index in [2.05, 4.69) is 0 Å². The Hall–Kier alpha value is -2.56. The zero-order valence-corrected chi connectivity index (χ0v) is 11.9. The first-order chi connectivity index (χ1) is 9.88. The molecule has 2 rings (SSSR count).